The van der Waals surface area contributed by atoms with Gasteiger partial charge in [-0.05, 0) is 49.2 Å². The predicted octanol–water partition coefficient (Wildman–Crippen LogP) is 1.39. The maximum Gasteiger partial charge on any atom is 0.251 e. The summed E-state index contributed by atoms with van der Waals surface area (Å²) in [5.74, 6) is -0.702. The number of aromatic hydroxyl groups is 1. The first-order valence-electron chi connectivity index (χ1n) is 9.74. The van der Waals surface area contributed by atoms with E-state index in [1.54, 1.807) is 0 Å². The van der Waals surface area contributed by atoms with E-state index in [1.807, 2.05) is 0 Å². The van der Waals surface area contributed by atoms with Crippen LogP contribution in [0.1, 0.15) is 23.2 Å². The molecule has 0 spiro atoms. The topological polar surface area (TPSA) is 129 Å². The minimum Gasteiger partial charge on any atom is -0.508 e. The summed E-state index contributed by atoms with van der Waals surface area (Å²) in [6.45, 7) is 0.928. The van der Waals surface area contributed by atoms with Crippen LogP contribution in [0.3, 0.4) is 0 Å². The highest BCUT2D eigenvalue weighted by atomic mass is 35.5. The quantitative estimate of drug-likeness (QED) is 0.417. The highest BCUT2D eigenvalue weighted by molar-refractivity contribution is 7.89. The lowest BCUT2D eigenvalue weighted by atomic mass is 9.97. The Bertz CT molecular complexity index is 1040. The van der Waals surface area contributed by atoms with Gasteiger partial charge in [-0.3, -0.25) is 9.59 Å². The Morgan fingerprint density at radius 1 is 1.10 bits per heavy atom. The molecule has 2 heterocycles. The van der Waals surface area contributed by atoms with Crippen molar-refractivity contribution in [2.24, 2.45) is 5.92 Å². The van der Waals surface area contributed by atoms with Crippen molar-refractivity contribution in [1.29, 1.82) is 0 Å². The molecule has 0 bridgehead atoms. The van der Waals surface area contributed by atoms with Gasteiger partial charge in [0.15, 0.2) is 0 Å². The number of nitrogens with zero attached hydrogens (tertiary/aromatic N) is 2. The van der Waals surface area contributed by atoms with Crippen molar-refractivity contribution < 1.29 is 23.1 Å². The number of halogens is 1. The van der Waals surface area contributed by atoms with Gasteiger partial charge in [0.1, 0.15) is 15.8 Å². The maximum atomic E-state index is 12.7. The van der Waals surface area contributed by atoms with Crippen LogP contribution in [-0.2, 0) is 14.8 Å². The lowest BCUT2D eigenvalue weighted by Gasteiger charge is -2.30. The zero-order chi connectivity index (χ0) is 22.4. The number of carbonyl (C=O) groups is 2. The minimum atomic E-state index is -3.76. The van der Waals surface area contributed by atoms with Crippen molar-refractivity contribution in [2.75, 3.05) is 26.2 Å². The monoisotopic (exact) mass is 466 g/mol. The molecule has 0 saturated carbocycles. The fourth-order valence-electron chi connectivity index (χ4n) is 3.28. The van der Waals surface area contributed by atoms with Crippen molar-refractivity contribution in [3.8, 4) is 5.75 Å². The number of carbonyl (C=O) groups excluding carboxylic acids is 2. The number of piperidine rings is 1. The summed E-state index contributed by atoms with van der Waals surface area (Å²) in [6.07, 6.45) is 2.21. The van der Waals surface area contributed by atoms with Crippen LogP contribution in [0.25, 0.3) is 0 Å². The molecule has 1 aromatic carbocycles. The number of hydrogen-bond donors (Lipinski definition) is 3. The number of rotatable bonds is 7. The molecule has 11 heteroatoms. The van der Waals surface area contributed by atoms with Crippen LogP contribution < -0.4 is 10.6 Å². The summed E-state index contributed by atoms with van der Waals surface area (Å²) in [7, 11) is -3.76. The highest BCUT2D eigenvalue weighted by Crippen LogP contribution is 2.27. The van der Waals surface area contributed by atoms with Crippen LogP contribution in [0, 0.1) is 5.92 Å². The largest absolute Gasteiger partial charge is 0.508 e. The molecule has 31 heavy (non-hydrogen) atoms. The van der Waals surface area contributed by atoms with Gasteiger partial charge in [0.25, 0.3) is 5.91 Å². The van der Waals surface area contributed by atoms with Gasteiger partial charge in [0.2, 0.25) is 15.9 Å². The first kappa shape index (κ1) is 23.0. The zero-order valence-corrected chi connectivity index (χ0v) is 18.2. The first-order chi connectivity index (χ1) is 14.8. The van der Waals surface area contributed by atoms with E-state index in [4.69, 9.17) is 11.6 Å². The first-order valence-corrected chi connectivity index (χ1v) is 11.6. The van der Waals surface area contributed by atoms with Crippen LogP contribution in [0.4, 0.5) is 0 Å². The molecule has 0 unspecified atom stereocenters. The van der Waals surface area contributed by atoms with Crippen LogP contribution in [-0.4, -0.2) is 60.8 Å². The number of pyridine rings is 1. The molecular formula is C20H23ClN4O5S. The third kappa shape index (κ3) is 5.72. The number of phenolic OH excluding ortho intramolecular Hbond substituents is 1. The molecule has 0 atom stereocenters. The van der Waals surface area contributed by atoms with Crippen molar-refractivity contribution in [2.45, 2.75) is 17.7 Å². The molecule has 9 nitrogen and oxygen atoms in total. The molecule has 2 aromatic rings. The molecule has 1 fully saturated rings. The summed E-state index contributed by atoms with van der Waals surface area (Å²) in [5.41, 5.74) is 0.409. The number of sulfonamides is 1. The van der Waals surface area contributed by atoms with Gasteiger partial charge in [-0.25, -0.2) is 13.4 Å². The van der Waals surface area contributed by atoms with Crippen LogP contribution in [0.5, 0.6) is 5.75 Å². The average Bonchev–Trinajstić information content (AvgIpc) is 2.77. The number of benzene rings is 1. The summed E-state index contributed by atoms with van der Waals surface area (Å²) in [6, 6.07) is 8.78. The SMILES string of the molecule is O=C(NCCNC(=O)C1CCN(S(=O)(=O)c2cccnc2Cl)CC1)c1ccc(O)cc1. The molecule has 2 amide bonds. The van der Waals surface area contributed by atoms with E-state index >= 15 is 0 Å². The van der Waals surface area contributed by atoms with Crippen molar-refractivity contribution in [3.05, 3.63) is 53.3 Å². The second kappa shape index (κ2) is 10.1. The van der Waals surface area contributed by atoms with E-state index in [0.717, 1.165) is 0 Å². The van der Waals surface area contributed by atoms with E-state index in [9.17, 15) is 23.1 Å². The van der Waals surface area contributed by atoms with E-state index in [1.165, 1.54) is 46.9 Å². The number of hydrogen-bond acceptors (Lipinski definition) is 6. The Labute approximate surface area is 185 Å². The molecule has 1 aliphatic rings. The van der Waals surface area contributed by atoms with E-state index < -0.39 is 10.0 Å². The lowest BCUT2D eigenvalue weighted by molar-refractivity contribution is -0.126. The Balaban J connectivity index is 1.42. The van der Waals surface area contributed by atoms with Crippen molar-refractivity contribution in [1.82, 2.24) is 19.9 Å². The number of aromatic nitrogens is 1. The van der Waals surface area contributed by atoms with Crippen molar-refractivity contribution in [3.63, 3.8) is 0 Å². The van der Waals surface area contributed by atoms with E-state index in [0.29, 0.717) is 18.4 Å². The van der Waals surface area contributed by atoms with Gasteiger partial charge in [-0.1, -0.05) is 11.6 Å². The second-order valence-electron chi connectivity index (χ2n) is 7.06. The lowest BCUT2D eigenvalue weighted by Crippen LogP contribution is -2.44. The van der Waals surface area contributed by atoms with Gasteiger partial charge in [-0.2, -0.15) is 4.31 Å². The molecule has 3 rings (SSSR count). The molecule has 1 aliphatic heterocycles. The Kier molecular flexibility index (Phi) is 7.47. The van der Waals surface area contributed by atoms with Crippen molar-refractivity contribution >= 4 is 33.4 Å². The predicted molar refractivity (Wildman–Crippen MR) is 114 cm³/mol. The molecule has 1 saturated heterocycles. The fraction of sp³-hybridized carbons (Fsp3) is 0.350. The normalized spacial score (nSPS) is 15.4. The van der Waals surface area contributed by atoms with E-state index in [-0.39, 0.29) is 59.7 Å². The highest BCUT2D eigenvalue weighted by Gasteiger charge is 2.33. The minimum absolute atomic E-state index is 0.0380. The van der Waals surface area contributed by atoms with Crippen LogP contribution >= 0.6 is 11.6 Å². The number of amides is 2. The van der Waals surface area contributed by atoms with Crippen LogP contribution in [0.2, 0.25) is 5.15 Å². The molecule has 0 aliphatic carbocycles. The smallest absolute Gasteiger partial charge is 0.251 e. The molecule has 166 valence electrons. The third-order valence-electron chi connectivity index (χ3n) is 5.01. The number of phenols is 1. The Hall–Kier alpha value is -2.69. The van der Waals surface area contributed by atoms with Gasteiger partial charge >= 0.3 is 0 Å². The van der Waals surface area contributed by atoms with Crippen LogP contribution in [0.15, 0.2) is 47.5 Å². The molecule has 3 N–H and O–H groups in total. The summed E-state index contributed by atoms with van der Waals surface area (Å²) in [5, 5.41) is 14.6. The summed E-state index contributed by atoms with van der Waals surface area (Å²) < 4.78 is 26.8. The molecule has 1 aromatic heterocycles. The third-order valence-corrected chi connectivity index (χ3v) is 7.35. The van der Waals surface area contributed by atoms with Gasteiger partial charge in [0, 0.05) is 43.9 Å². The maximum absolute atomic E-state index is 12.7. The second-order valence-corrected chi connectivity index (χ2v) is 9.33. The Morgan fingerprint density at radius 3 is 2.39 bits per heavy atom. The summed E-state index contributed by atoms with van der Waals surface area (Å²) in [4.78, 5) is 28.1. The zero-order valence-electron chi connectivity index (χ0n) is 16.6. The van der Waals surface area contributed by atoms with Gasteiger partial charge < -0.3 is 15.7 Å². The summed E-state index contributed by atoms with van der Waals surface area (Å²) >= 11 is 5.92. The van der Waals surface area contributed by atoms with E-state index in [2.05, 4.69) is 15.6 Å². The van der Waals surface area contributed by atoms with Gasteiger partial charge in [-0.15, -0.1) is 0 Å². The fourth-order valence-corrected chi connectivity index (χ4v) is 5.18. The Morgan fingerprint density at radius 2 is 1.74 bits per heavy atom. The number of nitrogens with one attached hydrogen (secondary N) is 2. The van der Waals surface area contributed by atoms with Gasteiger partial charge in [0.05, 0.1) is 0 Å². The molecular weight excluding hydrogens is 444 g/mol. The molecule has 0 radical (unpaired) electrons. The standard InChI is InChI=1S/C20H23ClN4O5S/c21-18-17(2-1-9-22-18)31(29,30)25-12-7-15(8-13-25)20(28)24-11-10-23-19(27)14-3-5-16(26)6-4-14/h1-6,9,15,26H,7-8,10-13H2,(H,23,27)(H,24,28). The average molecular weight is 467 g/mol.